The topological polar surface area (TPSA) is 62.4 Å². The Morgan fingerprint density at radius 2 is 2.15 bits per heavy atom. The zero-order chi connectivity index (χ0) is 15.0. The number of carbonyl (C=O) groups is 1. The predicted molar refractivity (Wildman–Crippen MR) is 83.3 cm³/mol. The molecule has 0 aliphatic rings. The maximum absolute atomic E-state index is 11.8. The second-order valence-electron chi connectivity index (χ2n) is 4.14. The van der Waals surface area contributed by atoms with Gasteiger partial charge in [-0.2, -0.15) is 0 Å². The molecular formula is C14H19N3O2S. The summed E-state index contributed by atoms with van der Waals surface area (Å²) in [6.45, 7) is 7.67. The van der Waals surface area contributed by atoms with Crippen molar-refractivity contribution in [3.63, 3.8) is 0 Å². The van der Waals surface area contributed by atoms with E-state index in [1.165, 1.54) is 0 Å². The number of aryl methyl sites for hydroxylation is 1. The standard InChI is InChI=1S/C14H19N3O2S/c1-4-9-15-14(20)17-16-13(18)11(3)19-12-8-6-5-7-10(12)2/h4-8,11H,1,9H2,2-3H3,(H,16,18)(H2,15,17,20)/t11-/m1/s1. The molecule has 0 aromatic heterocycles. The molecule has 1 rings (SSSR count). The van der Waals surface area contributed by atoms with Crippen LogP contribution in [0.25, 0.3) is 0 Å². The molecule has 5 nitrogen and oxygen atoms in total. The minimum atomic E-state index is -0.634. The van der Waals surface area contributed by atoms with E-state index in [1.54, 1.807) is 13.0 Å². The van der Waals surface area contributed by atoms with Gasteiger partial charge in [0, 0.05) is 6.54 Å². The first kappa shape index (κ1) is 16.0. The van der Waals surface area contributed by atoms with Gasteiger partial charge in [-0.15, -0.1) is 6.58 Å². The van der Waals surface area contributed by atoms with Crippen molar-refractivity contribution in [3.05, 3.63) is 42.5 Å². The molecule has 0 fully saturated rings. The SMILES string of the molecule is C=CCNC(=S)NNC(=O)[C@@H](C)Oc1ccccc1C. The number of para-hydroxylation sites is 1. The van der Waals surface area contributed by atoms with Crippen LogP contribution in [0.1, 0.15) is 12.5 Å². The van der Waals surface area contributed by atoms with Crippen molar-refractivity contribution in [1.82, 2.24) is 16.2 Å². The lowest BCUT2D eigenvalue weighted by atomic mass is 10.2. The molecule has 0 aliphatic heterocycles. The van der Waals surface area contributed by atoms with E-state index in [9.17, 15) is 4.79 Å². The van der Waals surface area contributed by atoms with Gasteiger partial charge >= 0.3 is 0 Å². The fraction of sp³-hybridized carbons (Fsp3) is 0.286. The van der Waals surface area contributed by atoms with E-state index in [1.807, 2.05) is 31.2 Å². The zero-order valence-electron chi connectivity index (χ0n) is 11.6. The van der Waals surface area contributed by atoms with Crippen molar-refractivity contribution < 1.29 is 9.53 Å². The molecule has 0 radical (unpaired) electrons. The number of nitrogens with one attached hydrogen (secondary N) is 3. The molecule has 0 heterocycles. The number of hydrogen-bond donors (Lipinski definition) is 3. The van der Waals surface area contributed by atoms with Crippen molar-refractivity contribution in [1.29, 1.82) is 0 Å². The summed E-state index contributed by atoms with van der Waals surface area (Å²) in [5.41, 5.74) is 6.05. The highest BCUT2D eigenvalue weighted by Gasteiger charge is 2.15. The van der Waals surface area contributed by atoms with Gasteiger partial charge in [-0.25, -0.2) is 0 Å². The van der Waals surface area contributed by atoms with Gasteiger partial charge in [0.1, 0.15) is 5.75 Å². The summed E-state index contributed by atoms with van der Waals surface area (Å²) in [7, 11) is 0. The van der Waals surface area contributed by atoms with Gasteiger partial charge in [-0.05, 0) is 37.7 Å². The van der Waals surface area contributed by atoms with Crippen LogP contribution in [0.5, 0.6) is 5.75 Å². The summed E-state index contributed by atoms with van der Waals surface area (Å²) in [6.07, 6.45) is 1.03. The Labute approximate surface area is 124 Å². The maximum Gasteiger partial charge on any atom is 0.279 e. The summed E-state index contributed by atoms with van der Waals surface area (Å²) >= 11 is 4.95. The molecule has 0 saturated carbocycles. The third kappa shape index (κ3) is 5.27. The Morgan fingerprint density at radius 1 is 1.45 bits per heavy atom. The molecule has 6 heteroatoms. The number of ether oxygens (including phenoxy) is 1. The molecule has 0 bridgehead atoms. The third-order valence-corrected chi connectivity index (χ3v) is 2.72. The molecule has 1 atom stereocenters. The van der Waals surface area contributed by atoms with Crippen LogP contribution in [0.2, 0.25) is 0 Å². The van der Waals surface area contributed by atoms with Gasteiger partial charge in [0.2, 0.25) is 0 Å². The molecule has 20 heavy (non-hydrogen) atoms. The molecule has 1 aromatic rings. The Hall–Kier alpha value is -2.08. The largest absolute Gasteiger partial charge is 0.481 e. The number of hydrazine groups is 1. The molecule has 1 amide bonds. The lowest BCUT2D eigenvalue weighted by Crippen LogP contribution is -2.50. The van der Waals surface area contributed by atoms with E-state index in [2.05, 4.69) is 22.7 Å². The van der Waals surface area contributed by atoms with Gasteiger partial charge in [-0.3, -0.25) is 15.6 Å². The monoisotopic (exact) mass is 293 g/mol. The van der Waals surface area contributed by atoms with Crippen LogP contribution in [-0.2, 0) is 4.79 Å². The second kappa shape index (κ2) is 8.16. The fourth-order valence-electron chi connectivity index (χ4n) is 1.36. The molecule has 0 spiro atoms. The third-order valence-electron chi connectivity index (χ3n) is 2.47. The summed E-state index contributed by atoms with van der Waals surface area (Å²) in [5.74, 6) is 0.374. The van der Waals surface area contributed by atoms with Gasteiger partial charge in [0.05, 0.1) is 0 Å². The van der Waals surface area contributed by atoms with Gasteiger partial charge in [0.15, 0.2) is 11.2 Å². The fourth-order valence-corrected chi connectivity index (χ4v) is 1.50. The van der Waals surface area contributed by atoms with E-state index < -0.39 is 6.10 Å². The van der Waals surface area contributed by atoms with Crippen LogP contribution >= 0.6 is 12.2 Å². The highest BCUT2D eigenvalue weighted by atomic mass is 32.1. The molecule has 0 saturated heterocycles. The van der Waals surface area contributed by atoms with Crippen LogP contribution in [0.15, 0.2) is 36.9 Å². The minimum Gasteiger partial charge on any atom is -0.481 e. The highest BCUT2D eigenvalue weighted by Crippen LogP contribution is 2.17. The number of amides is 1. The van der Waals surface area contributed by atoms with Crippen molar-refractivity contribution in [2.24, 2.45) is 0 Å². The Kier molecular flexibility index (Phi) is 6.52. The molecule has 3 N–H and O–H groups in total. The highest BCUT2D eigenvalue weighted by molar-refractivity contribution is 7.80. The normalized spacial score (nSPS) is 11.1. The average Bonchev–Trinajstić information content (AvgIpc) is 2.44. The van der Waals surface area contributed by atoms with E-state index in [0.717, 1.165) is 5.56 Å². The number of carbonyl (C=O) groups excluding carboxylic acids is 1. The Bertz CT molecular complexity index is 491. The van der Waals surface area contributed by atoms with E-state index in [0.29, 0.717) is 17.4 Å². The first-order valence-corrected chi connectivity index (χ1v) is 6.62. The molecule has 0 unspecified atom stereocenters. The van der Waals surface area contributed by atoms with Crippen molar-refractivity contribution in [3.8, 4) is 5.75 Å². The number of thiocarbonyl (C=S) groups is 1. The average molecular weight is 293 g/mol. The lowest BCUT2D eigenvalue weighted by molar-refractivity contribution is -0.127. The van der Waals surface area contributed by atoms with Gasteiger partial charge < -0.3 is 10.1 Å². The lowest BCUT2D eigenvalue weighted by Gasteiger charge is -2.17. The predicted octanol–water partition coefficient (Wildman–Crippen LogP) is 1.44. The van der Waals surface area contributed by atoms with Crippen LogP contribution < -0.4 is 20.9 Å². The van der Waals surface area contributed by atoms with Crippen molar-refractivity contribution >= 4 is 23.2 Å². The molecular weight excluding hydrogens is 274 g/mol. The van der Waals surface area contributed by atoms with E-state index in [4.69, 9.17) is 17.0 Å². The minimum absolute atomic E-state index is 0.309. The van der Waals surface area contributed by atoms with Crippen molar-refractivity contribution in [2.75, 3.05) is 6.54 Å². The molecule has 108 valence electrons. The van der Waals surface area contributed by atoms with E-state index in [-0.39, 0.29) is 5.91 Å². The maximum atomic E-state index is 11.8. The summed E-state index contributed by atoms with van der Waals surface area (Å²) in [6, 6.07) is 7.52. The van der Waals surface area contributed by atoms with E-state index >= 15 is 0 Å². The van der Waals surface area contributed by atoms with Gasteiger partial charge in [0.25, 0.3) is 5.91 Å². The summed E-state index contributed by atoms with van der Waals surface area (Å²) in [4.78, 5) is 11.8. The van der Waals surface area contributed by atoms with Crippen LogP contribution in [0, 0.1) is 6.92 Å². The van der Waals surface area contributed by atoms with Crippen LogP contribution in [0.4, 0.5) is 0 Å². The number of benzene rings is 1. The Morgan fingerprint density at radius 3 is 2.80 bits per heavy atom. The summed E-state index contributed by atoms with van der Waals surface area (Å²) < 4.78 is 5.59. The summed E-state index contributed by atoms with van der Waals surface area (Å²) in [5, 5.41) is 3.15. The molecule has 0 aliphatic carbocycles. The first-order valence-electron chi connectivity index (χ1n) is 6.21. The van der Waals surface area contributed by atoms with Gasteiger partial charge in [-0.1, -0.05) is 24.3 Å². The zero-order valence-corrected chi connectivity index (χ0v) is 12.4. The second-order valence-corrected chi connectivity index (χ2v) is 4.55. The first-order chi connectivity index (χ1) is 9.54. The Balaban J connectivity index is 2.41. The number of hydrogen-bond acceptors (Lipinski definition) is 3. The van der Waals surface area contributed by atoms with Crippen LogP contribution in [0.3, 0.4) is 0 Å². The smallest absolute Gasteiger partial charge is 0.279 e. The number of rotatable bonds is 5. The van der Waals surface area contributed by atoms with Crippen molar-refractivity contribution in [2.45, 2.75) is 20.0 Å². The quantitative estimate of drug-likeness (QED) is 0.436. The molecule has 1 aromatic carbocycles. The van der Waals surface area contributed by atoms with Crippen LogP contribution in [-0.4, -0.2) is 23.7 Å².